The van der Waals surface area contributed by atoms with Crippen LogP contribution in [-0.4, -0.2) is 17.6 Å². The van der Waals surface area contributed by atoms with Crippen molar-refractivity contribution in [2.45, 2.75) is 51.6 Å². The summed E-state index contributed by atoms with van der Waals surface area (Å²) in [5, 5.41) is 0. The number of aryl methyl sites for hydroxylation is 2. The zero-order chi connectivity index (χ0) is 15.9. The van der Waals surface area contributed by atoms with Crippen molar-refractivity contribution < 1.29 is 4.39 Å². The third kappa shape index (κ3) is 2.32. The van der Waals surface area contributed by atoms with Crippen LogP contribution in [0.3, 0.4) is 0 Å². The summed E-state index contributed by atoms with van der Waals surface area (Å²) in [7, 11) is 0. The van der Waals surface area contributed by atoms with Crippen molar-refractivity contribution in [1.82, 2.24) is 0 Å². The fourth-order valence-electron chi connectivity index (χ4n) is 3.70. The fraction of sp³-hybridized carbons (Fsp3) is 0.500. The smallest absolute Gasteiger partial charge is 0.220 e. The lowest BCUT2D eigenvalue weighted by Gasteiger charge is -2.46. The molecule has 1 saturated carbocycles. The van der Waals surface area contributed by atoms with Gasteiger partial charge in [0.05, 0.1) is 5.69 Å². The van der Waals surface area contributed by atoms with Crippen molar-refractivity contribution in [2.24, 2.45) is 21.5 Å². The van der Waals surface area contributed by atoms with E-state index in [2.05, 4.69) is 9.98 Å². The lowest BCUT2D eigenvalue weighted by Crippen LogP contribution is -2.58. The second-order valence-corrected chi connectivity index (χ2v) is 6.21. The van der Waals surface area contributed by atoms with Crippen LogP contribution in [0.2, 0.25) is 0 Å². The van der Waals surface area contributed by atoms with Crippen molar-refractivity contribution in [2.75, 3.05) is 4.90 Å². The van der Waals surface area contributed by atoms with Crippen LogP contribution in [0.5, 0.6) is 0 Å². The van der Waals surface area contributed by atoms with Gasteiger partial charge in [0, 0.05) is 0 Å². The number of nitrogens with zero attached hydrogens (tertiary/aromatic N) is 3. The molecular weight excluding hydrogens is 281 g/mol. The van der Waals surface area contributed by atoms with Crippen molar-refractivity contribution in [1.29, 1.82) is 0 Å². The van der Waals surface area contributed by atoms with Crippen molar-refractivity contribution >= 4 is 17.6 Å². The normalized spacial score (nSPS) is 20.8. The molecule has 1 aliphatic carbocycles. The van der Waals surface area contributed by atoms with Crippen molar-refractivity contribution in [3.8, 4) is 0 Å². The molecule has 0 aromatic heterocycles. The van der Waals surface area contributed by atoms with Crippen LogP contribution in [0.15, 0.2) is 22.1 Å². The molecule has 2 aliphatic rings. The van der Waals surface area contributed by atoms with Gasteiger partial charge in [-0.25, -0.2) is 9.38 Å². The predicted octanol–water partition coefficient (Wildman–Crippen LogP) is 2.55. The second-order valence-electron chi connectivity index (χ2n) is 6.21. The first kappa shape index (κ1) is 14.8. The quantitative estimate of drug-likeness (QED) is 0.836. The highest BCUT2D eigenvalue weighted by atomic mass is 19.1. The van der Waals surface area contributed by atoms with E-state index in [4.69, 9.17) is 11.5 Å². The summed E-state index contributed by atoms with van der Waals surface area (Å²) >= 11 is 0. The van der Waals surface area contributed by atoms with Crippen LogP contribution in [0, 0.1) is 19.7 Å². The number of aliphatic imine (C=N–C) groups is 2. The van der Waals surface area contributed by atoms with Crippen LogP contribution in [0.1, 0.15) is 43.2 Å². The molecule has 1 heterocycles. The lowest BCUT2D eigenvalue weighted by atomic mass is 9.86. The monoisotopic (exact) mass is 303 g/mol. The number of rotatable bonds is 1. The average molecular weight is 303 g/mol. The van der Waals surface area contributed by atoms with Gasteiger partial charge in [0.15, 0.2) is 0 Å². The van der Waals surface area contributed by atoms with E-state index >= 15 is 0 Å². The van der Waals surface area contributed by atoms with Crippen molar-refractivity contribution in [3.63, 3.8) is 0 Å². The summed E-state index contributed by atoms with van der Waals surface area (Å²) in [6.45, 7) is 3.77. The minimum absolute atomic E-state index is 0.230. The van der Waals surface area contributed by atoms with Gasteiger partial charge in [-0.05, 0) is 62.8 Å². The topological polar surface area (TPSA) is 80.0 Å². The molecule has 0 saturated heterocycles. The van der Waals surface area contributed by atoms with Gasteiger partial charge < -0.3 is 11.5 Å². The maximum absolute atomic E-state index is 13.6. The van der Waals surface area contributed by atoms with E-state index in [0.29, 0.717) is 5.96 Å². The lowest BCUT2D eigenvalue weighted by molar-refractivity contribution is 0.305. The molecule has 1 fully saturated rings. The molecule has 5 nitrogen and oxygen atoms in total. The molecule has 6 heteroatoms. The van der Waals surface area contributed by atoms with Gasteiger partial charge in [-0.15, -0.1) is 0 Å². The van der Waals surface area contributed by atoms with E-state index in [1.54, 1.807) is 0 Å². The highest BCUT2D eigenvalue weighted by molar-refractivity contribution is 6.06. The van der Waals surface area contributed by atoms with Gasteiger partial charge in [-0.2, -0.15) is 4.99 Å². The summed E-state index contributed by atoms with van der Waals surface area (Å²) in [5.41, 5.74) is 14.1. The summed E-state index contributed by atoms with van der Waals surface area (Å²) in [4.78, 5) is 10.8. The number of hydrogen-bond donors (Lipinski definition) is 2. The molecule has 1 aromatic carbocycles. The van der Waals surface area contributed by atoms with E-state index in [0.717, 1.165) is 42.5 Å². The highest BCUT2D eigenvalue weighted by Gasteiger charge is 2.43. The van der Waals surface area contributed by atoms with Crippen molar-refractivity contribution in [3.05, 3.63) is 29.1 Å². The Hall–Kier alpha value is -2.11. The number of anilines is 1. The zero-order valence-electron chi connectivity index (χ0n) is 13.1. The summed E-state index contributed by atoms with van der Waals surface area (Å²) in [5.74, 6) is 0.326. The molecule has 0 unspecified atom stereocenters. The molecule has 0 amide bonds. The van der Waals surface area contributed by atoms with E-state index in [1.165, 1.54) is 18.6 Å². The van der Waals surface area contributed by atoms with Crippen LogP contribution in [0.25, 0.3) is 0 Å². The van der Waals surface area contributed by atoms with Gasteiger partial charge in [0.25, 0.3) is 0 Å². The maximum Gasteiger partial charge on any atom is 0.220 e. The molecule has 1 spiro atoms. The van der Waals surface area contributed by atoms with Gasteiger partial charge in [-0.3, -0.25) is 4.90 Å². The third-order valence-electron chi connectivity index (χ3n) is 4.53. The Balaban J connectivity index is 2.16. The Morgan fingerprint density at radius 1 is 1.09 bits per heavy atom. The second kappa shape index (κ2) is 5.26. The number of hydrogen-bond acceptors (Lipinski definition) is 5. The highest BCUT2D eigenvalue weighted by Crippen LogP contribution is 2.41. The minimum Gasteiger partial charge on any atom is -0.369 e. The zero-order valence-corrected chi connectivity index (χ0v) is 13.1. The molecule has 1 aromatic rings. The summed E-state index contributed by atoms with van der Waals surface area (Å²) in [6, 6.07) is 3.04. The number of halogens is 1. The number of nitrogens with two attached hydrogens (primary N) is 2. The van der Waals surface area contributed by atoms with Crippen LogP contribution < -0.4 is 16.4 Å². The minimum atomic E-state index is -0.485. The molecule has 3 rings (SSSR count). The van der Waals surface area contributed by atoms with E-state index < -0.39 is 5.66 Å². The predicted molar refractivity (Wildman–Crippen MR) is 87.4 cm³/mol. The summed E-state index contributed by atoms with van der Waals surface area (Å²) < 4.78 is 13.6. The molecule has 0 atom stereocenters. The van der Waals surface area contributed by atoms with E-state index in [1.807, 2.05) is 18.7 Å². The van der Waals surface area contributed by atoms with Gasteiger partial charge in [0.1, 0.15) is 11.5 Å². The van der Waals surface area contributed by atoms with E-state index in [9.17, 15) is 4.39 Å². The molecule has 0 radical (unpaired) electrons. The van der Waals surface area contributed by atoms with Gasteiger partial charge >= 0.3 is 0 Å². The standard InChI is InChI=1S/C16H22FN5/c1-10-8-12(17)9-11(2)13(10)22-15(19)20-14(18)21-16(22)6-4-3-5-7-16/h8-9H,3-7H2,1-2H3,(H4,18,19,20,21). The van der Waals surface area contributed by atoms with Crippen LogP contribution in [0.4, 0.5) is 10.1 Å². The first-order chi connectivity index (χ1) is 10.4. The maximum atomic E-state index is 13.6. The van der Waals surface area contributed by atoms with Gasteiger partial charge in [0.2, 0.25) is 11.9 Å². The molecule has 0 bridgehead atoms. The SMILES string of the molecule is Cc1cc(F)cc(C)c1N1C(N)=NC(N)=NC12CCCCC2. The van der Waals surface area contributed by atoms with Crippen LogP contribution >= 0.6 is 0 Å². The molecular formula is C16H22FN5. The molecule has 22 heavy (non-hydrogen) atoms. The largest absolute Gasteiger partial charge is 0.369 e. The van der Waals surface area contributed by atoms with Gasteiger partial charge in [-0.1, -0.05) is 6.42 Å². The Morgan fingerprint density at radius 2 is 1.68 bits per heavy atom. The molecule has 118 valence electrons. The fourth-order valence-corrected chi connectivity index (χ4v) is 3.70. The number of guanidine groups is 2. The Kier molecular flexibility index (Phi) is 3.54. The number of benzene rings is 1. The average Bonchev–Trinajstić information content (AvgIpc) is 2.41. The first-order valence-corrected chi connectivity index (χ1v) is 7.69. The first-order valence-electron chi connectivity index (χ1n) is 7.69. The third-order valence-corrected chi connectivity index (χ3v) is 4.53. The van der Waals surface area contributed by atoms with E-state index in [-0.39, 0.29) is 11.8 Å². The Morgan fingerprint density at radius 3 is 2.27 bits per heavy atom. The summed E-state index contributed by atoms with van der Waals surface area (Å²) in [6.07, 6.45) is 5.07. The Labute approximate surface area is 129 Å². The Bertz CT molecular complexity index is 635. The van der Waals surface area contributed by atoms with Crippen LogP contribution in [-0.2, 0) is 0 Å². The molecule has 1 aliphatic heterocycles. The molecule has 4 N–H and O–H groups in total.